The van der Waals surface area contributed by atoms with Gasteiger partial charge in [-0.2, -0.15) is 0 Å². The van der Waals surface area contributed by atoms with Crippen LogP contribution in [0.5, 0.6) is 0 Å². The molecule has 0 spiro atoms. The predicted octanol–water partition coefficient (Wildman–Crippen LogP) is 1.01. The number of rotatable bonds is 5. The lowest BCUT2D eigenvalue weighted by Crippen LogP contribution is -2.52. The number of carbonyl (C=O) groups is 1. The topological polar surface area (TPSA) is 69.0 Å². The largest absolute Gasteiger partial charge is 0.351 e. The molecule has 28 heavy (non-hydrogen) atoms. The zero-order valence-corrected chi connectivity index (χ0v) is 19.7. The molecule has 0 unspecified atom stereocenters. The first-order valence-electron chi connectivity index (χ1n) is 10.00. The fraction of sp³-hybridized carbons (Fsp3) is 0.737. The molecule has 1 aromatic heterocycles. The van der Waals surface area contributed by atoms with Crippen LogP contribution >= 0.6 is 24.0 Å². The summed E-state index contributed by atoms with van der Waals surface area (Å²) in [7, 11) is 5.46. The standard InChI is InChI=1S/C19H33N7O.HI/c1-20-19(21-14-16-15-26-8-5-4-6-17(26)22-16)25-12-10-24(11-13-25)9-7-18(27)23(2)3;/h15H,4-14H2,1-3H3,(H,20,21);1H. The Bertz CT molecular complexity index is 642. The van der Waals surface area contributed by atoms with Crippen molar-refractivity contribution in [2.24, 2.45) is 4.99 Å². The Balaban J connectivity index is 0.00000280. The highest BCUT2D eigenvalue weighted by molar-refractivity contribution is 14.0. The van der Waals surface area contributed by atoms with Crippen LogP contribution in [0.2, 0.25) is 0 Å². The third-order valence-corrected chi connectivity index (χ3v) is 5.41. The molecule has 1 N–H and O–H groups in total. The van der Waals surface area contributed by atoms with Crippen LogP contribution < -0.4 is 5.32 Å². The van der Waals surface area contributed by atoms with Crippen molar-refractivity contribution >= 4 is 35.8 Å². The summed E-state index contributed by atoms with van der Waals surface area (Å²) in [5.41, 5.74) is 1.09. The van der Waals surface area contributed by atoms with Gasteiger partial charge >= 0.3 is 0 Å². The van der Waals surface area contributed by atoms with Crippen molar-refractivity contribution in [1.29, 1.82) is 0 Å². The fourth-order valence-corrected chi connectivity index (χ4v) is 3.72. The Morgan fingerprint density at radius 2 is 1.96 bits per heavy atom. The van der Waals surface area contributed by atoms with Crippen LogP contribution in [0.15, 0.2) is 11.2 Å². The van der Waals surface area contributed by atoms with Gasteiger partial charge in [0.2, 0.25) is 5.91 Å². The van der Waals surface area contributed by atoms with Crippen LogP contribution in [0.1, 0.15) is 30.8 Å². The summed E-state index contributed by atoms with van der Waals surface area (Å²) in [6, 6.07) is 0. The average Bonchev–Trinajstić information content (AvgIpc) is 3.10. The summed E-state index contributed by atoms with van der Waals surface area (Å²) in [6.45, 7) is 6.40. The predicted molar refractivity (Wildman–Crippen MR) is 122 cm³/mol. The normalized spacial score (nSPS) is 17.7. The number of fused-ring (bicyclic) bond motifs is 1. The number of hydrogen-bond acceptors (Lipinski definition) is 4. The quantitative estimate of drug-likeness (QED) is 0.369. The molecule has 1 fully saturated rings. The maximum atomic E-state index is 11.7. The van der Waals surface area contributed by atoms with Gasteiger partial charge in [-0.15, -0.1) is 24.0 Å². The van der Waals surface area contributed by atoms with Crippen molar-refractivity contribution in [3.63, 3.8) is 0 Å². The van der Waals surface area contributed by atoms with Crippen LogP contribution in [0.25, 0.3) is 0 Å². The number of nitrogens with zero attached hydrogens (tertiary/aromatic N) is 6. The number of aliphatic imine (C=N–C) groups is 1. The van der Waals surface area contributed by atoms with E-state index in [4.69, 9.17) is 4.98 Å². The molecule has 2 aliphatic rings. The van der Waals surface area contributed by atoms with Gasteiger partial charge in [0.1, 0.15) is 5.82 Å². The molecule has 0 atom stereocenters. The van der Waals surface area contributed by atoms with Gasteiger partial charge in [0.15, 0.2) is 5.96 Å². The molecule has 0 saturated carbocycles. The van der Waals surface area contributed by atoms with E-state index in [9.17, 15) is 4.79 Å². The molecule has 1 amide bonds. The fourth-order valence-electron chi connectivity index (χ4n) is 3.72. The molecule has 8 nitrogen and oxygen atoms in total. The van der Waals surface area contributed by atoms with E-state index in [2.05, 4.69) is 30.9 Å². The lowest BCUT2D eigenvalue weighted by molar-refractivity contribution is -0.129. The van der Waals surface area contributed by atoms with E-state index in [0.717, 1.165) is 57.3 Å². The molecule has 3 rings (SSSR count). The maximum Gasteiger partial charge on any atom is 0.223 e. The number of piperazine rings is 1. The number of hydrogen-bond donors (Lipinski definition) is 1. The van der Waals surface area contributed by atoms with Crippen molar-refractivity contribution in [3.8, 4) is 0 Å². The first kappa shape index (κ1) is 22.9. The van der Waals surface area contributed by atoms with E-state index in [-0.39, 0.29) is 29.9 Å². The Labute approximate surface area is 185 Å². The lowest BCUT2D eigenvalue weighted by Gasteiger charge is -2.36. The second-order valence-corrected chi connectivity index (χ2v) is 7.57. The van der Waals surface area contributed by atoms with E-state index in [1.54, 1.807) is 4.90 Å². The number of amides is 1. The van der Waals surface area contributed by atoms with E-state index < -0.39 is 0 Å². The molecule has 1 aromatic rings. The molecule has 158 valence electrons. The summed E-state index contributed by atoms with van der Waals surface area (Å²) >= 11 is 0. The third-order valence-electron chi connectivity index (χ3n) is 5.41. The molecular weight excluding hydrogens is 469 g/mol. The second-order valence-electron chi connectivity index (χ2n) is 7.57. The van der Waals surface area contributed by atoms with Crippen LogP contribution in [0.4, 0.5) is 0 Å². The second kappa shape index (κ2) is 11.0. The van der Waals surface area contributed by atoms with Gasteiger partial charge in [-0.05, 0) is 12.8 Å². The monoisotopic (exact) mass is 503 g/mol. The SMILES string of the molecule is CN=C(NCc1cn2c(n1)CCCC2)N1CCN(CCC(=O)N(C)C)CC1.I. The number of aromatic nitrogens is 2. The first-order chi connectivity index (χ1) is 13.1. The summed E-state index contributed by atoms with van der Waals surface area (Å²) in [5, 5.41) is 3.47. The Morgan fingerprint density at radius 3 is 2.61 bits per heavy atom. The minimum absolute atomic E-state index is 0. The Kier molecular flexibility index (Phi) is 9.00. The highest BCUT2D eigenvalue weighted by atomic mass is 127. The van der Waals surface area contributed by atoms with Crippen LogP contribution in [-0.4, -0.2) is 90.0 Å². The van der Waals surface area contributed by atoms with E-state index in [1.807, 2.05) is 21.1 Å². The molecule has 3 heterocycles. The zero-order valence-electron chi connectivity index (χ0n) is 17.4. The Morgan fingerprint density at radius 1 is 1.21 bits per heavy atom. The van der Waals surface area contributed by atoms with Gasteiger partial charge in [0, 0.05) is 79.5 Å². The van der Waals surface area contributed by atoms with E-state index >= 15 is 0 Å². The van der Waals surface area contributed by atoms with Crippen molar-refractivity contribution in [3.05, 3.63) is 17.7 Å². The van der Waals surface area contributed by atoms with Crippen LogP contribution in [-0.2, 0) is 24.3 Å². The van der Waals surface area contributed by atoms with Crippen molar-refractivity contribution in [2.75, 3.05) is 53.9 Å². The van der Waals surface area contributed by atoms with Crippen LogP contribution in [0, 0.1) is 0 Å². The number of guanidine groups is 1. The Hall–Kier alpha value is -1.36. The van der Waals surface area contributed by atoms with Gasteiger partial charge < -0.3 is 19.7 Å². The third kappa shape index (κ3) is 6.07. The number of halogens is 1. The molecule has 0 radical (unpaired) electrons. The molecule has 9 heteroatoms. The maximum absolute atomic E-state index is 11.7. The number of carbonyl (C=O) groups excluding carboxylic acids is 1. The minimum atomic E-state index is 0. The summed E-state index contributed by atoms with van der Waals surface area (Å²) in [4.78, 5) is 27.3. The van der Waals surface area contributed by atoms with E-state index in [1.165, 1.54) is 18.7 Å². The van der Waals surface area contributed by atoms with Gasteiger partial charge in [-0.25, -0.2) is 4.98 Å². The highest BCUT2D eigenvalue weighted by Crippen LogP contribution is 2.14. The molecule has 0 aromatic carbocycles. The van der Waals surface area contributed by atoms with E-state index in [0.29, 0.717) is 13.0 Å². The van der Waals surface area contributed by atoms with Crippen molar-refractivity contribution in [2.45, 2.75) is 38.8 Å². The highest BCUT2D eigenvalue weighted by Gasteiger charge is 2.20. The summed E-state index contributed by atoms with van der Waals surface area (Å²) in [5.74, 6) is 2.34. The van der Waals surface area contributed by atoms with Gasteiger partial charge in [0.25, 0.3) is 0 Å². The minimum Gasteiger partial charge on any atom is -0.351 e. The molecule has 0 aliphatic carbocycles. The van der Waals surface area contributed by atoms with Gasteiger partial charge in [0.05, 0.1) is 12.2 Å². The molecule has 1 saturated heterocycles. The van der Waals surface area contributed by atoms with Gasteiger partial charge in [-0.3, -0.25) is 14.7 Å². The van der Waals surface area contributed by atoms with Crippen molar-refractivity contribution in [1.82, 2.24) is 29.6 Å². The molecule has 2 aliphatic heterocycles. The smallest absolute Gasteiger partial charge is 0.223 e. The summed E-state index contributed by atoms with van der Waals surface area (Å²) < 4.78 is 2.29. The van der Waals surface area contributed by atoms with Crippen LogP contribution in [0.3, 0.4) is 0 Å². The molecule has 0 bridgehead atoms. The lowest BCUT2D eigenvalue weighted by atomic mass is 10.2. The number of imidazole rings is 1. The average molecular weight is 503 g/mol. The zero-order chi connectivity index (χ0) is 19.2. The summed E-state index contributed by atoms with van der Waals surface area (Å²) in [6.07, 6.45) is 6.35. The number of nitrogens with one attached hydrogen (secondary N) is 1. The number of aryl methyl sites for hydroxylation is 2. The van der Waals surface area contributed by atoms with Gasteiger partial charge in [-0.1, -0.05) is 0 Å². The first-order valence-corrected chi connectivity index (χ1v) is 10.00. The van der Waals surface area contributed by atoms with Crippen molar-refractivity contribution < 1.29 is 4.79 Å². The molecular formula is C19H34IN7O.